The molecule has 30 aromatic rings. The highest BCUT2D eigenvalue weighted by Gasteiger charge is 2.33. The predicted octanol–water partition coefficient (Wildman–Crippen LogP) is 41.4. The minimum atomic E-state index is -0.276. The highest BCUT2D eigenvalue weighted by molar-refractivity contribution is 6.25. The topological polar surface area (TPSA) is 118 Å². The number of benzene rings is 22. The van der Waals surface area contributed by atoms with Gasteiger partial charge in [0, 0.05) is 143 Å². The summed E-state index contributed by atoms with van der Waals surface area (Å²) in [6, 6.07) is 147. The minimum absolute atomic E-state index is 0.110. The monoisotopic (exact) mass is 1940 g/mol. The first-order valence-corrected chi connectivity index (χ1v) is 51.9. The zero-order valence-corrected chi connectivity index (χ0v) is 84.1. The van der Waals surface area contributed by atoms with Crippen LogP contribution in [0.3, 0.4) is 0 Å². The summed E-state index contributed by atoms with van der Waals surface area (Å²) in [7, 11) is 0. The summed E-state index contributed by atoms with van der Waals surface area (Å²) in [5, 5.41) is 25.2. The molecule has 150 heavy (non-hydrogen) atoms. The number of hydrogen-bond donors (Lipinski definition) is 0. The highest BCUT2D eigenvalue weighted by atomic mass is 16.4. The van der Waals surface area contributed by atoms with Gasteiger partial charge >= 0.3 is 0 Å². The van der Waals surface area contributed by atoms with Crippen molar-refractivity contribution in [2.45, 2.75) is 91.4 Å². The molecule has 0 aliphatic heterocycles. The van der Waals surface area contributed by atoms with Crippen LogP contribution in [-0.2, 0) is 17.3 Å². The Bertz CT molecular complexity index is 10900. The molecule has 0 aliphatic carbocycles. The SMILES string of the molecule is CC(C)c1ccc(N(c2ccc3cc4c(cc3c2)oc2c4ccc3c4cc5ccc(N(c6ccc(C(C)Cc7cc(C(C)(C)C)c8oc9c(N(c%10ccccc%10)c%10ccc%11cc%12c(cc%11c%10)oc%10c%12ccc%11c%12cc%13ccc(N(c%14ccccc%14)c%14cccc%15c%14oc%14c(C(C)(C)C)cccc%14%15)cc%13cc%12oc%11%10)cccc9c8c7)cc6)c6cccc7c6oc6ccccc67)cc5cc4oc32)c2cccc3c2oc2ccccc23)cc1. The molecule has 0 bridgehead atoms. The third-order valence-corrected chi connectivity index (χ3v) is 31.6. The maximum Gasteiger partial charge on any atom is 0.178 e. The van der Waals surface area contributed by atoms with E-state index in [9.17, 15) is 0 Å². The first-order chi connectivity index (χ1) is 73.3. The molecule has 0 saturated heterocycles. The molecule has 0 fully saturated rings. The van der Waals surface area contributed by atoms with Crippen LogP contribution in [0.25, 0.3) is 219 Å². The fourth-order valence-electron chi connectivity index (χ4n) is 24.1. The summed E-state index contributed by atoms with van der Waals surface area (Å²) >= 11 is 0. The lowest BCUT2D eigenvalue weighted by Crippen LogP contribution is -2.12. The Balaban J connectivity index is 0.466. The molecule has 718 valence electrons. The molecule has 0 aliphatic rings. The zero-order valence-electron chi connectivity index (χ0n) is 84.1. The molecule has 0 radical (unpaired) electrons. The minimum Gasteiger partial charge on any atom is -0.454 e. The molecule has 12 heteroatoms. The van der Waals surface area contributed by atoms with E-state index >= 15 is 0 Å². The maximum atomic E-state index is 7.44. The fourth-order valence-corrected chi connectivity index (χ4v) is 24.1. The van der Waals surface area contributed by atoms with Crippen molar-refractivity contribution >= 4 is 287 Å². The van der Waals surface area contributed by atoms with Crippen LogP contribution in [0.4, 0.5) is 68.2 Å². The molecule has 0 saturated carbocycles. The Morgan fingerprint density at radius 2 is 0.473 bits per heavy atom. The summed E-state index contributed by atoms with van der Waals surface area (Å²) in [5.74, 6) is 0.520. The fraction of sp³-hybridized carbons (Fsp3) is 0.101. The van der Waals surface area contributed by atoms with Gasteiger partial charge in [-0.1, -0.05) is 256 Å². The number of nitrogens with zero attached hydrogens (tertiary/aromatic N) is 4. The van der Waals surface area contributed by atoms with Gasteiger partial charge in [0.25, 0.3) is 0 Å². The van der Waals surface area contributed by atoms with E-state index in [1.165, 1.54) is 22.3 Å². The summed E-state index contributed by atoms with van der Waals surface area (Å²) in [5.41, 5.74) is 30.3. The molecule has 1 atom stereocenters. The zero-order chi connectivity index (χ0) is 100. The Hall–Kier alpha value is -18.5. The average Bonchev–Trinajstić information content (AvgIpc) is 1.53. The first-order valence-electron chi connectivity index (χ1n) is 51.9. The number of hydrogen-bond acceptors (Lipinski definition) is 12. The van der Waals surface area contributed by atoms with E-state index in [1.807, 2.05) is 18.2 Å². The number of furan rings is 8. The van der Waals surface area contributed by atoms with Gasteiger partial charge in [-0.25, -0.2) is 0 Å². The van der Waals surface area contributed by atoms with E-state index in [0.29, 0.717) is 11.5 Å². The second kappa shape index (κ2) is 32.7. The second-order valence-corrected chi connectivity index (χ2v) is 43.2. The normalized spacial score (nSPS) is 12.8. The van der Waals surface area contributed by atoms with Gasteiger partial charge < -0.3 is 54.9 Å². The van der Waals surface area contributed by atoms with Crippen molar-refractivity contribution in [3.8, 4) is 0 Å². The van der Waals surface area contributed by atoms with Crippen LogP contribution in [0.5, 0.6) is 0 Å². The van der Waals surface area contributed by atoms with Crippen LogP contribution in [0, 0.1) is 0 Å². The van der Waals surface area contributed by atoms with E-state index in [0.717, 1.165) is 293 Å². The van der Waals surface area contributed by atoms with E-state index < -0.39 is 0 Å². The van der Waals surface area contributed by atoms with Gasteiger partial charge in [-0.15, -0.1) is 0 Å². The van der Waals surface area contributed by atoms with Gasteiger partial charge in [0.2, 0.25) is 0 Å². The van der Waals surface area contributed by atoms with Crippen molar-refractivity contribution in [1.82, 2.24) is 0 Å². The molecule has 1 unspecified atom stereocenters. The second-order valence-electron chi connectivity index (χ2n) is 43.2. The van der Waals surface area contributed by atoms with Crippen LogP contribution in [0.15, 0.2) is 442 Å². The number of fused-ring (bicyclic) bond motifs is 30. The van der Waals surface area contributed by atoms with Gasteiger partial charge in [0.15, 0.2) is 44.7 Å². The summed E-state index contributed by atoms with van der Waals surface area (Å²) in [6.07, 6.45) is 0.789. The Morgan fingerprint density at radius 3 is 0.840 bits per heavy atom. The lowest BCUT2D eigenvalue weighted by atomic mass is 9.83. The molecule has 0 N–H and O–H groups in total. The molecular formula is C138H98N4O8. The molecule has 0 spiro atoms. The molecular weight excluding hydrogens is 1840 g/mol. The van der Waals surface area contributed by atoms with Gasteiger partial charge in [-0.05, 0) is 301 Å². The van der Waals surface area contributed by atoms with Crippen molar-refractivity contribution in [3.05, 3.63) is 434 Å². The quantitative estimate of drug-likeness (QED) is 0.0916. The largest absolute Gasteiger partial charge is 0.454 e. The smallest absolute Gasteiger partial charge is 0.178 e. The highest BCUT2D eigenvalue weighted by Crippen LogP contribution is 2.54. The molecule has 0 amide bonds. The van der Waals surface area contributed by atoms with Gasteiger partial charge in [-0.3, -0.25) is 0 Å². The summed E-state index contributed by atoms with van der Waals surface area (Å²) in [4.78, 5) is 9.31. The Morgan fingerprint density at radius 1 is 0.187 bits per heavy atom. The van der Waals surface area contributed by atoms with Crippen molar-refractivity contribution in [2.24, 2.45) is 0 Å². The van der Waals surface area contributed by atoms with E-state index in [2.05, 4.69) is 470 Å². The van der Waals surface area contributed by atoms with E-state index in [1.54, 1.807) is 0 Å². The third kappa shape index (κ3) is 13.7. The van der Waals surface area contributed by atoms with Crippen LogP contribution in [0.2, 0.25) is 0 Å². The molecule has 22 aromatic carbocycles. The maximum absolute atomic E-state index is 7.44. The van der Waals surface area contributed by atoms with Crippen molar-refractivity contribution in [1.29, 1.82) is 0 Å². The van der Waals surface area contributed by atoms with Gasteiger partial charge in [0.05, 0.1) is 22.7 Å². The van der Waals surface area contributed by atoms with Crippen LogP contribution in [-0.4, -0.2) is 0 Å². The van der Waals surface area contributed by atoms with E-state index in [-0.39, 0.29) is 16.7 Å². The number of anilines is 12. The molecule has 8 aromatic heterocycles. The standard InChI is InChI=1S/C138H98N4O8/c1-78(2)81-43-51-93(52-44-81)141(117-37-21-32-101-99-29-16-18-41-121(99)143-129(101)117)97-57-49-85-72-112-108-61-62-109-113-73-86-50-58-98(69-90(86)77-126(113)148-136(109)135(108)147-125(112)76-89(85)68-97)142(118-38-22-33-102-100-30-17-19-42-122(100)144-130(102)118)94-53-45-82(46-54-94)79(3)63-80-64-114-105-35-24-40-120(132(105)150-128(114)116(65-80)138(7,8)9)140(92-27-14-11-15-28-92)96-56-48-84-71-111-107-60-59-106-110-70-83-47-55-95(66-87(83)74-123(110)145-133(106)134(107)146-124(111)75-88(84)67-96)139(91-25-12-10-13-26-91)119-39-23-34-104-103-31-20-36-115(137(4,5)6)127(103)149-131(104)119/h10-62,64-79H,63H2,1-9H3. The molecule has 12 nitrogen and oxygen atoms in total. The summed E-state index contributed by atoms with van der Waals surface area (Å²) in [6.45, 7) is 20.4. The van der Waals surface area contributed by atoms with Crippen molar-refractivity contribution in [3.63, 3.8) is 0 Å². The van der Waals surface area contributed by atoms with E-state index in [4.69, 9.17) is 35.3 Å². The lowest BCUT2D eigenvalue weighted by Gasteiger charge is -2.26. The van der Waals surface area contributed by atoms with Crippen molar-refractivity contribution in [2.75, 3.05) is 19.6 Å². The third-order valence-electron chi connectivity index (χ3n) is 31.6. The lowest BCUT2D eigenvalue weighted by molar-refractivity contribution is 0.571. The van der Waals surface area contributed by atoms with Crippen molar-refractivity contribution < 1.29 is 35.3 Å². The summed E-state index contributed by atoms with van der Waals surface area (Å²) < 4.78 is 56.3. The van der Waals surface area contributed by atoms with Crippen LogP contribution in [0.1, 0.15) is 102 Å². The van der Waals surface area contributed by atoms with Gasteiger partial charge in [0.1, 0.15) is 44.7 Å². The van der Waals surface area contributed by atoms with Gasteiger partial charge in [-0.2, -0.15) is 0 Å². The Labute approximate surface area is 861 Å². The average molecular weight is 1940 g/mol. The number of rotatable bonds is 16. The number of para-hydroxylation sites is 9. The van der Waals surface area contributed by atoms with Crippen LogP contribution < -0.4 is 19.6 Å². The predicted molar refractivity (Wildman–Crippen MR) is 623 cm³/mol. The first kappa shape index (κ1) is 86.9. The Kier molecular flexibility index (Phi) is 19.0. The van der Waals surface area contributed by atoms with Crippen LogP contribution >= 0.6 is 0 Å². The molecule has 8 heterocycles. The molecule has 30 rings (SSSR count).